The van der Waals surface area contributed by atoms with Gasteiger partial charge in [-0.3, -0.25) is 19.2 Å². The first-order chi connectivity index (χ1) is 25.5. The number of hydrogen-bond donors (Lipinski definition) is 0. The number of ketones is 4. The predicted molar refractivity (Wildman–Crippen MR) is 215 cm³/mol. The number of carbonyl (C=O) groups is 4. The lowest BCUT2D eigenvalue weighted by Crippen LogP contribution is -2.33. The van der Waals surface area contributed by atoms with Gasteiger partial charge in [-0.15, -0.1) is 6.42 Å². The highest BCUT2D eigenvalue weighted by atomic mass is 16.1. The Balaban J connectivity index is 1.10. The van der Waals surface area contributed by atoms with Crippen LogP contribution in [0.15, 0.2) is 60.7 Å². The van der Waals surface area contributed by atoms with Gasteiger partial charge >= 0.3 is 0 Å². The largest absolute Gasteiger partial charge is 0.299 e. The fourth-order valence-electron chi connectivity index (χ4n) is 9.80. The van der Waals surface area contributed by atoms with Crippen molar-refractivity contribution in [2.24, 2.45) is 41.4 Å². The van der Waals surface area contributed by atoms with Crippen LogP contribution >= 0.6 is 0 Å². The highest BCUT2D eigenvalue weighted by Gasteiger charge is 2.35. The second-order valence-electron chi connectivity index (χ2n) is 17.2. The highest BCUT2D eigenvalue weighted by Crippen LogP contribution is 2.38. The molecule has 284 valence electrons. The van der Waals surface area contributed by atoms with Gasteiger partial charge in [-0.2, -0.15) is 0 Å². The van der Waals surface area contributed by atoms with Gasteiger partial charge in [0.1, 0.15) is 17.3 Å². The molecule has 5 rings (SSSR count). The van der Waals surface area contributed by atoms with Gasteiger partial charge in [0, 0.05) is 42.4 Å². The van der Waals surface area contributed by atoms with Crippen LogP contribution in [-0.4, -0.2) is 23.1 Å². The first-order valence-electron chi connectivity index (χ1n) is 21.0. The second-order valence-corrected chi connectivity index (χ2v) is 17.2. The molecule has 0 saturated heterocycles. The molecule has 2 aromatic rings. The van der Waals surface area contributed by atoms with Crippen molar-refractivity contribution in [1.29, 1.82) is 0 Å². The van der Waals surface area contributed by atoms with Crippen LogP contribution in [0.2, 0.25) is 0 Å². The Labute approximate surface area is 320 Å². The van der Waals surface area contributed by atoms with Crippen molar-refractivity contribution in [3.63, 3.8) is 0 Å². The molecule has 2 aromatic carbocycles. The van der Waals surface area contributed by atoms with Crippen LogP contribution in [0.1, 0.15) is 145 Å². The van der Waals surface area contributed by atoms with E-state index in [2.05, 4.69) is 68.0 Å². The Hall–Kier alpha value is -3.58. The standard InChI is InChI=1S/C49H64O4/c1-6-44(50)28-29-45(33(2)3)49(53)43-15-10-14-42(32-43)47(51)30-24-37-19-17-36(18-20-37)21-27-41(40-12-7-8-13-40)31-38-22-25-39(26-23-38)35(5)48(52)46-16-9-11-34(46)4/h1,17-20,22-23,25-26,33,35,40-43,45-46H,4,7-16,21,24,27-32H2,2-3,5H3/t35?,41?,42-,43?,45+,46-/m1/s1. The molecule has 3 aliphatic rings. The van der Waals surface area contributed by atoms with Crippen molar-refractivity contribution < 1.29 is 19.2 Å². The summed E-state index contributed by atoms with van der Waals surface area (Å²) in [5.41, 5.74) is 6.17. The number of Topliss-reactive ketones (excluding diaryl/α,β-unsaturated/α-hetero) is 4. The molecule has 53 heavy (non-hydrogen) atoms. The fraction of sp³-hybridized carbons (Fsp3) is 0.592. The molecule has 3 saturated carbocycles. The molecule has 6 atom stereocenters. The van der Waals surface area contributed by atoms with Gasteiger partial charge < -0.3 is 0 Å². The Bertz CT molecular complexity index is 1600. The van der Waals surface area contributed by atoms with E-state index in [1.807, 2.05) is 13.8 Å². The lowest BCUT2D eigenvalue weighted by atomic mass is 9.72. The first-order valence-corrected chi connectivity index (χ1v) is 21.0. The van der Waals surface area contributed by atoms with Gasteiger partial charge in [-0.05, 0) is 117 Å². The summed E-state index contributed by atoms with van der Waals surface area (Å²) in [4.78, 5) is 51.8. The van der Waals surface area contributed by atoms with Crippen molar-refractivity contribution >= 4 is 23.1 Å². The Kier molecular flexibility index (Phi) is 15.1. The van der Waals surface area contributed by atoms with Crippen LogP contribution in [0.3, 0.4) is 0 Å². The van der Waals surface area contributed by atoms with E-state index in [9.17, 15) is 19.2 Å². The molecular formula is C49H64O4. The van der Waals surface area contributed by atoms with Crippen molar-refractivity contribution in [3.8, 4) is 12.3 Å². The van der Waals surface area contributed by atoms with E-state index in [0.29, 0.717) is 31.0 Å². The number of benzene rings is 2. The maximum atomic E-state index is 13.5. The lowest BCUT2D eigenvalue weighted by Gasteiger charge is -2.31. The van der Waals surface area contributed by atoms with Gasteiger partial charge in [0.15, 0.2) is 0 Å². The smallest absolute Gasteiger partial charge is 0.205 e. The van der Waals surface area contributed by atoms with Crippen LogP contribution in [-0.2, 0) is 38.4 Å². The quantitative estimate of drug-likeness (QED) is 0.0824. The predicted octanol–water partition coefficient (Wildman–Crippen LogP) is 10.8. The number of hydrogen-bond acceptors (Lipinski definition) is 4. The molecule has 0 heterocycles. The topological polar surface area (TPSA) is 68.3 Å². The molecular weight excluding hydrogens is 653 g/mol. The van der Waals surface area contributed by atoms with Crippen molar-refractivity contribution in [3.05, 3.63) is 82.9 Å². The minimum Gasteiger partial charge on any atom is -0.299 e. The SMILES string of the molecule is C#CC(=O)CC[C@H](C(=O)C1CCC[C@@H](C(=O)CCc2ccc(CCC(Cc3ccc(C(C)C(=O)[C@@H]4CCCC4=C)cc3)C3CCCC3)cc2)C1)C(C)C. The van der Waals surface area contributed by atoms with E-state index < -0.39 is 0 Å². The number of terminal acetylenes is 1. The molecule has 0 radical (unpaired) electrons. The Morgan fingerprint density at radius 3 is 2.00 bits per heavy atom. The van der Waals surface area contributed by atoms with Crippen LogP contribution < -0.4 is 0 Å². The fourth-order valence-corrected chi connectivity index (χ4v) is 9.80. The van der Waals surface area contributed by atoms with Crippen molar-refractivity contribution in [1.82, 2.24) is 0 Å². The summed E-state index contributed by atoms with van der Waals surface area (Å²) in [6, 6.07) is 17.8. The number of rotatable bonds is 19. The van der Waals surface area contributed by atoms with E-state index in [-0.39, 0.29) is 59.3 Å². The Morgan fingerprint density at radius 2 is 1.38 bits per heavy atom. The summed E-state index contributed by atoms with van der Waals surface area (Å²) in [6.07, 6.45) is 22.2. The third-order valence-corrected chi connectivity index (χ3v) is 13.3. The summed E-state index contributed by atoms with van der Waals surface area (Å²) in [5.74, 6) is 3.94. The minimum atomic E-state index is -0.244. The van der Waals surface area contributed by atoms with Crippen LogP contribution in [0, 0.1) is 53.8 Å². The van der Waals surface area contributed by atoms with Gasteiger partial charge in [0.05, 0.1) is 0 Å². The molecule has 3 unspecified atom stereocenters. The lowest BCUT2D eigenvalue weighted by molar-refractivity contribution is -0.132. The molecule has 0 bridgehead atoms. The summed E-state index contributed by atoms with van der Waals surface area (Å²) >= 11 is 0. The van der Waals surface area contributed by atoms with Crippen LogP contribution in [0.5, 0.6) is 0 Å². The maximum Gasteiger partial charge on any atom is 0.205 e. The van der Waals surface area contributed by atoms with E-state index >= 15 is 0 Å². The average molecular weight is 717 g/mol. The van der Waals surface area contributed by atoms with E-state index in [1.165, 1.54) is 48.8 Å². The van der Waals surface area contributed by atoms with Crippen molar-refractivity contribution in [2.75, 3.05) is 0 Å². The second kappa shape index (κ2) is 19.7. The molecule has 0 amide bonds. The monoisotopic (exact) mass is 716 g/mol. The molecule has 4 heteroatoms. The molecule has 4 nitrogen and oxygen atoms in total. The van der Waals surface area contributed by atoms with E-state index in [0.717, 1.165) is 74.8 Å². The summed E-state index contributed by atoms with van der Waals surface area (Å²) < 4.78 is 0. The number of carbonyl (C=O) groups excluding carboxylic acids is 4. The molecule has 0 spiro atoms. The van der Waals surface area contributed by atoms with Crippen LogP contribution in [0.4, 0.5) is 0 Å². The number of aryl methyl sites for hydroxylation is 2. The zero-order chi connectivity index (χ0) is 37.9. The zero-order valence-corrected chi connectivity index (χ0v) is 32.9. The van der Waals surface area contributed by atoms with E-state index in [4.69, 9.17) is 6.42 Å². The normalized spacial score (nSPS) is 22.3. The highest BCUT2D eigenvalue weighted by molar-refractivity contribution is 5.95. The zero-order valence-electron chi connectivity index (χ0n) is 32.9. The molecule has 3 fully saturated rings. The third-order valence-electron chi connectivity index (χ3n) is 13.3. The van der Waals surface area contributed by atoms with Gasteiger partial charge in [-0.25, -0.2) is 0 Å². The van der Waals surface area contributed by atoms with Crippen LogP contribution in [0.25, 0.3) is 0 Å². The molecule has 0 N–H and O–H groups in total. The Morgan fingerprint density at radius 1 is 0.736 bits per heavy atom. The third kappa shape index (κ3) is 11.2. The number of allylic oxidation sites excluding steroid dienone is 1. The summed E-state index contributed by atoms with van der Waals surface area (Å²) in [6.45, 7) is 10.3. The first kappa shape index (κ1) is 40.6. The minimum absolute atomic E-state index is 0.0374. The maximum absolute atomic E-state index is 13.5. The average Bonchev–Trinajstić information content (AvgIpc) is 3.88. The molecule has 0 aliphatic heterocycles. The van der Waals surface area contributed by atoms with Gasteiger partial charge in [0.25, 0.3) is 0 Å². The van der Waals surface area contributed by atoms with Crippen molar-refractivity contribution in [2.45, 2.75) is 142 Å². The molecule has 0 aromatic heterocycles. The van der Waals surface area contributed by atoms with E-state index in [1.54, 1.807) is 0 Å². The molecule has 3 aliphatic carbocycles. The summed E-state index contributed by atoms with van der Waals surface area (Å²) in [7, 11) is 0. The van der Waals surface area contributed by atoms with Gasteiger partial charge in [-0.1, -0.05) is 114 Å². The summed E-state index contributed by atoms with van der Waals surface area (Å²) in [5, 5.41) is 0. The van der Waals surface area contributed by atoms with Gasteiger partial charge in [0.2, 0.25) is 5.78 Å².